The Balaban J connectivity index is 1.27. The van der Waals surface area contributed by atoms with E-state index in [4.69, 9.17) is 14.2 Å². The minimum absolute atomic E-state index is 0.0771. The van der Waals surface area contributed by atoms with E-state index in [1.165, 1.54) is 12.8 Å². The number of methoxy groups -OCH3 is 1. The highest BCUT2D eigenvalue weighted by Gasteiger charge is 2.44. The lowest BCUT2D eigenvalue weighted by Crippen LogP contribution is -2.38. The van der Waals surface area contributed by atoms with Gasteiger partial charge >= 0.3 is 0 Å². The van der Waals surface area contributed by atoms with Crippen LogP contribution in [0.25, 0.3) is 21.8 Å². The van der Waals surface area contributed by atoms with Crippen molar-refractivity contribution in [3.63, 3.8) is 0 Å². The van der Waals surface area contributed by atoms with Gasteiger partial charge in [-0.2, -0.15) is 0 Å². The van der Waals surface area contributed by atoms with Gasteiger partial charge in [0, 0.05) is 34.2 Å². The zero-order valence-electron chi connectivity index (χ0n) is 19.4. The monoisotopic (exact) mass is 461 g/mol. The van der Waals surface area contributed by atoms with Gasteiger partial charge in [-0.1, -0.05) is 0 Å². The summed E-state index contributed by atoms with van der Waals surface area (Å²) >= 11 is 0. The predicted molar refractivity (Wildman–Crippen MR) is 130 cm³/mol. The van der Waals surface area contributed by atoms with E-state index in [9.17, 15) is 0 Å². The number of hydrogen-bond acceptors (Lipinski definition) is 5. The molecule has 2 fully saturated rings. The number of H-pyrrole nitrogens is 1. The molecule has 0 bridgehead atoms. The standard InChI is InChI=1S/C27H28FN3O3/c1-16-11-19-20(31-16)5-6-23(26(19)28)34-22-7-10-29-21-13-25(24(32-2)12-18(21)22)33-15-27(8-9-27)30-14-17-3-4-17/h5-7,10-13,17,30-31H,3-4,8-9,14-15H2,1-2H3. The van der Waals surface area contributed by atoms with Gasteiger partial charge in [-0.25, -0.2) is 4.39 Å². The van der Waals surface area contributed by atoms with E-state index >= 15 is 4.39 Å². The third-order valence-electron chi connectivity index (χ3n) is 6.86. The Morgan fingerprint density at radius 2 is 1.91 bits per heavy atom. The van der Waals surface area contributed by atoms with Gasteiger partial charge < -0.3 is 24.5 Å². The number of pyridine rings is 1. The summed E-state index contributed by atoms with van der Waals surface area (Å²) in [6.45, 7) is 3.57. The summed E-state index contributed by atoms with van der Waals surface area (Å²) in [4.78, 5) is 7.64. The molecule has 2 aliphatic rings. The number of aromatic amines is 1. The molecule has 6 rings (SSSR count). The maximum atomic E-state index is 15.1. The number of nitrogens with one attached hydrogen (secondary N) is 2. The molecule has 0 spiro atoms. The van der Waals surface area contributed by atoms with Crippen LogP contribution in [0.4, 0.5) is 4.39 Å². The van der Waals surface area contributed by atoms with Crippen molar-refractivity contribution in [2.75, 3.05) is 20.3 Å². The number of nitrogens with zero attached hydrogens (tertiary/aromatic N) is 1. The van der Waals surface area contributed by atoms with E-state index in [1.54, 1.807) is 31.5 Å². The quantitative estimate of drug-likeness (QED) is 0.326. The number of aromatic nitrogens is 2. The fourth-order valence-corrected chi connectivity index (χ4v) is 4.40. The first-order chi connectivity index (χ1) is 16.5. The van der Waals surface area contributed by atoms with Crippen molar-refractivity contribution >= 4 is 21.8 Å². The van der Waals surface area contributed by atoms with Crippen molar-refractivity contribution in [1.82, 2.24) is 15.3 Å². The van der Waals surface area contributed by atoms with Crippen LogP contribution < -0.4 is 19.5 Å². The van der Waals surface area contributed by atoms with Gasteiger partial charge in [0.05, 0.1) is 18.2 Å². The highest BCUT2D eigenvalue weighted by molar-refractivity contribution is 5.89. The summed E-state index contributed by atoms with van der Waals surface area (Å²) in [6.07, 6.45) is 6.58. The summed E-state index contributed by atoms with van der Waals surface area (Å²) < 4.78 is 33.0. The van der Waals surface area contributed by atoms with Crippen LogP contribution in [0, 0.1) is 18.7 Å². The van der Waals surface area contributed by atoms with Crippen molar-refractivity contribution in [3.8, 4) is 23.0 Å². The minimum atomic E-state index is -0.396. The molecule has 2 saturated carbocycles. The Hall–Kier alpha value is -3.32. The third-order valence-corrected chi connectivity index (χ3v) is 6.86. The average Bonchev–Trinajstić information content (AvgIpc) is 3.76. The Bertz CT molecular complexity index is 1370. The molecule has 7 heteroatoms. The molecule has 2 aromatic carbocycles. The van der Waals surface area contributed by atoms with Gasteiger partial charge in [0.1, 0.15) is 12.4 Å². The molecule has 0 amide bonds. The fraction of sp³-hybridized carbons (Fsp3) is 0.370. The van der Waals surface area contributed by atoms with Crippen molar-refractivity contribution in [2.24, 2.45) is 5.92 Å². The molecule has 2 aromatic heterocycles. The van der Waals surface area contributed by atoms with Crippen LogP contribution in [0.3, 0.4) is 0 Å². The highest BCUT2D eigenvalue weighted by atomic mass is 19.1. The lowest BCUT2D eigenvalue weighted by Gasteiger charge is -2.20. The maximum absolute atomic E-state index is 15.1. The molecule has 2 aliphatic carbocycles. The Morgan fingerprint density at radius 1 is 1.06 bits per heavy atom. The molecule has 4 aromatic rings. The Morgan fingerprint density at radius 3 is 2.68 bits per heavy atom. The van der Waals surface area contributed by atoms with E-state index < -0.39 is 5.82 Å². The fourth-order valence-electron chi connectivity index (χ4n) is 4.40. The van der Waals surface area contributed by atoms with Gasteiger partial charge in [0.15, 0.2) is 23.1 Å². The third kappa shape index (κ3) is 4.05. The summed E-state index contributed by atoms with van der Waals surface area (Å²) in [5.41, 5.74) is 2.41. The number of fused-ring (bicyclic) bond motifs is 2. The lowest BCUT2D eigenvalue weighted by atomic mass is 10.1. The smallest absolute Gasteiger partial charge is 0.175 e. The van der Waals surface area contributed by atoms with Gasteiger partial charge in [-0.3, -0.25) is 4.98 Å². The van der Waals surface area contributed by atoms with Crippen LogP contribution in [-0.2, 0) is 0 Å². The van der Waals surface area contributed by atoms with E-state index in [0.717, 1.165) is 41.9 Å². The number of rotatable bonds is 9. The molecule has 0 atom stereocenters. The number of aryl methyl sites for hydroxylation is 1. The molecule has 0 unspecified atom stereocenters. The molecular formula is C27H28FN3O3. The van der Waals surface area contributed by atoms with Crippen molar-refractivity contribution in [3.05, 3.63) is 54.1 Å². The van der Waals surface area contributed by atoms with Gasteiger partial charge in [0.2, 0.25) is 0 Å². The molecule has 6 nitrogen and oxygen atoms in total. The summed E-state index contributed by atoms with van der Waals surface area (Å²) in [6, 6.07) is 10.7. The first-order valence-corrected chi connectivity index (χ1v) is 11.8. The molecular weight excluding hydrogens is 433 g/mol. The lowest BCUT2D eigenvalue weighted by molar-refractivity contribution is 0.240. The average molecular weight is 462 g/mol. The Kier molecular flexibility index (Phi) is 5.10. The molecule has 34 heavy (non-hydrogen) atoms. The molecule has 2 heterocycles. The first-order valence-electron chi connectivity index (χ1n) is 11.8. The number of hydrogen-bond donors (Lipinski definition) is 2. The van der Waals surface area contributed by atoms with Gasteiger partial charge in [0.25, 0.3) is 0 Å². The summed E-state index contributed by atoms with van der Waals surface area (Å²) in [7, 11) is 1.62. The second kappa shape index (κ2) is 8.17. The van der Waals surface area contributed by atoms with Crippen LogP contribution in [0.2, 0.25) is 0 Å². The van der Waals surface area contributed by atoms with Crippen molar-refractivity contribution in [1.29, 1.82) is 0 Å². The van der Waals surface area contributed by atoms with Gasteiger partial charge in [-0.15, -0.1) is 0 Å². The van der Waals surface area contributed by atoms with Gasteiger partial charge in [-0.05, 0) is 75.4 Å². The molecule has 0 saturated heterocycles. The Labute approximate surface area is 197 Å². The second-order valence-corrected chi connectivity index (χ2v) is 9.62. The van der Waals surface area contributed by atoms with Crippen LogP contribution in [0.15, 0.2) is 42.6 Å². The van der Waals surface area contributed by atoms with E-state index in [1.807, 2.05) is 25.1 Å². The zero-order chi connectivity index (χ0) is 23.3. The normalized spacial score (nSPS) is 16.7. The van der Waals surface area contributed by atoms with Crippen LogP contribution in [-0.4, -0.2) is 35.8 Å². The van der Waals surface area contributed by atoms with E-state index in [2.05, 4.69) is 15.3 Å². The highest BCUT2D eigenvalue weighted by Crippen LogP contribution is 2.41. The largest absolute Gasteiger partial charge is 0.493 e. The van der Waals surface area contributed by atoms with Crippen LogP contribution in [0.1, 0.15) is 31.4 Å². The SMILES string of the molecule is COc1cc2c(Oc3ccc4[nH]c(C)cc4c3F)ccnc2cc1OCC1(NCC2CC2)CC1. The zero-order valence-corrected chi connectivity index (χ0v) is 19.4. The molecule has 0 radical (unpaired) electrons. The first kappa shape index (κ1) is 21.2. The predicted octanol–water partition coefficient (Wildman–Crippen LogP) is 5.88. The summed E-state index contributed by atoms with van der Waals surface area (Å²) in [5.74, 6) is 2.35. The second-order valence-electron chi connectivity index (χ2n) is 9.62. The number of halogens is 1. The molecule has 176 valence electrons. The number of benzene rings is 2. The topological polar surface area (TPSA) is 68.4 Å². The summed E-state index contributed by atoms with van der Waals surface area (Å²) in [5, 5.41) is 4.93. The number of ether oxygens (including phenoxy) is 3. The van der Waals surface area contributed by atoms with Crippen LogP contribution in [0.5, 0.6) is 23.0 Å². The molecule has 2 N–H and O–H groups in total. The van der Waals surface area contributed by atoms with E-state index in [-0.39, 0.29) is 11.3 Å². The maximum Gasteiger partial charge on any atom is 0.175 e. The van der Waals surface area contributed by atoms with Crippen molar-refractivity contribution < 1.29 is 18.6 Å². The van der Waals surface area contributed by atoms with Crippen molar-refractivity contribution in [2.45, 2.75) is 38.1 Å². The van der Waals surface area contributed by atoms with E-state index in [0.29, 0.717) is 34.8 Å². The van der Waals surface area contributed by atoms with Crippen LogP contribution >= 0.6 is 0 Å². The minimum Gasteiger partial charge on any atom is -0.493 e. The molecule has 0 aliphatic heterocycles.